The van der Waals surface area contributed by atoms with Crippen molar-refractivity contribution in [3.8, 4) is 11.8 Å². The Morgan fingerprint density at radius 3 is 2.50 bits per heavy atom. The average Bonchev–Trinajstić information content (AvgIpc) is 4.06. The Bertz CT molecular complexity index is 2030. The first-order valence-corrected chi connectivity index (χ1v) is 20.7. The number of halogens is 2. The van der Waals surface area contributed by atoms with Gasteiger partial charge < -0.3 is 19.9 Å². The molecule has 6 rings (SSSR count). The molecule has 3 heterocycles. The van der Waals surface area contributed by atoms with Crippen LogP contribution in [-0.2, 0) is 24.4 Å². The summed E-state index contributed by atoms with van der Waals surface area (Å²) in [4.78, 5) is 61.7. The third kappa shape index (κ3) is 7.50. The van der Waals surface area contributed by atoms with E-state index in [0.717, 1.165) is 11.8 Å². The summed E-state index contributed by atoms with van der Waals surface area (Å²) in [5.74, 6) is -5.17. The van der Waals surface area contributed by atoms with Crippen molar-refractivity contribution in [1.29, 1.82) is 0 Å². The maximum atomic E-state index is 17.6. The Labute approximate surface area is 325 Å². The molecule has 2 aromatic rings. The van der Waals surface area contributed by atoms with Gasteiger partial charge in [-0.3, -0.25) is 28.9 Å². The number of sulfonamides is 1. The van der Waals surface area contributed by atoms with E-state index < -0.39 is 92.7 Å². The van der Waals surface area contributed by atoms with E-state index in [9.17, 15) is 27.9 Å². The van der Waals surface area contributed by atoms with Gasteiger partial charge >= 0.3 is 12.1 Å². The Morgan fingerprint density at radius 2 is 1.86 bits per heavy atom. The molecule has 306 valence electrons. The van der Waals surface area contributed by atoms with Crippen LogP contribution in [0, 0.1) is 17.8 Å². The highest BCUT2D eigenvalue weighted by atomic mass is 32.2. The molecule has 3 fully saturated rings. The number of hydrogen-bond acceptors (Lipinski definition) is 9. The topological polar surface area (TPSA) is 185 Å². The number of ether oxygens (including phenoxy) is 2. The van der Waals surface area contributed by atoms with Crippen molar-refractivity contribution < 1.29 is 51.0 Å². The third-order valence-electron chi connectivity index (χ3n) is 11.9. The Hall–Kier alpha value is -4.54. The number of carbonyl (C=O) groups is 4. The number of aromatic nitrogens is 1. The predicted octanol–water partition coefficient (Wildman–Crippen LogP) is 5.22. The van der Waals surface area contributed by atoms with Gasteiger partial charge in [-0.1, -0.05) is 51.1 Å². The first kappa shape index (κ1) is 41.1. The molecule has 56 heavy (non-hydrogen) atoms. The molecular weight excluding hydrogens is 753 g/mol. The highest BCUT2D eigenvalue weighted by Gasteiger charge is 2.71. The number of pyridine rings is 1. The summed E-state index contributed by atoms with van der Waals surface area (Å²) in [6.07, 6.45) is 3.66. The maximum absolute atomic E-state index is 17.6. The smallest absolute Gasteiger partial charge is 0.408 e. The first-order valence-electron chi connectivity index (χ1n) is 19.2. The average molecular weight is 804 g/mol. The molecule has 4 amide bonds. The fourth-order valence-electron chi connectivity index (χ4n) is 8.22. The number of hydrogen-bond donors (Lipinski definition) is 3. The molecule has 2 saturated carbocycles. The largest absolute Gasteiger partial charge is 0.481 e. The van der Waals surface area contributed by atoms with Crippen LogP contribution in [-0.4, -0.2) is 99.8 Å². The van der Waals surface area contributed by atoms with E-state index in [-0.39, 0.29) is 35.4 Å². The number of alkyl halides is 2. The van der Waals surface area contributed by atoms with E-state index >= 15 is 13.6 Å². The molecule has 1 saturated heterocycles. The molecule has 3 N–H and O–H groups in total. The molecule has 0 bridgehead atoms. The van der Waals surface area contributed by atoms with Gasteiger partial charge in [0.1, 0.15) is 17.6 Å². The number of allylic oxidation sites excluding steroid dienone is 1. The molecule has 0 radical (unpaired) electrons. The van der Waals surface area contributed by atoms with Gasteiger partial charge in [0.05, 0.1) is 12.4 Å². The lowest BCUT2D eigenvalue weighted by Crippen LogP contribution is -2.64. The van der Waals surface area contributed by atoms with Gasteiger partial charge in [-0.25, -0.2) is 13.2 Å². The molecule has 2 aliphatic carbocycles. The van der Waals surface area contributed by atoms with Gasteiger partial charge in [0, 0.05) is 29.8 Å². The predicted molar refractivity (Wildman–Crippen MR) is 201 cm³/mol. The van der Waals surface area contributed by atoms with Crippen LogP contribution in [0.1, 0.15) is 86.0 Å². The van der Waals surface area contributed by atoms with Crippen molar-refractivity contribution >= 4 is 44.6 Å². The molecule has 1 aromatic carbocycles. The number of benzene rings is 1. The molecule has 1 aromatic heterocycles. The summed E-state index contributed by atoms with van der Waals surface area (Å²) in [7, 11) is -2.71. The lowest BCUT2D eigenvalue weighted by molar-refractivity contribution is -0.219. The second kappa shape index (κ2) is 15.1. The highest BCUT2D eigenvalue weighted by molar-refractivity contribution is 7.91. The minimum absolute atomic E-state index is 0.0121. The molecule has 2 aliphatic heterocycles. The minimum Gasteiger partial charge on any atom is -0.481 e. The fraction of sp³-hybridized carbons (Fsp3) is 0.615. The van der Waals surface area contributed by atoms with Crippen LogP contribution in [0.15, 0.2) is 42.5 Å². The number of nitrogens with one attached hydrogen (secondary N) is 2. The molecular formula is C39H51F2N5O9S. The zero-order valence-corrected chi connectivity index (χ0v) is 33.3. The van der Waals surface area contributed by atoms with Crippen LogP contribution in [0.4, 0.5) is 13.6 Å². The fourth-order valence-corrected chi connectivity index (χ4v) is 9.59. The van der Waals surface area contributed by atoms with Crippen molar-refractivity contribution in [2.45, 2.75) is 127 Å². The van der Waals surface area contributed by atoms with E-state index in [0.29, 0.717) is 42.9 Å². The monoisotopic (exact) mass is 803 g/mol. The zero-order valence-electron chi connectivity index (χ0n) is 32.5. The van der Waals surface area contributed by atoms with Crippen LogP contribution in [0.2, 0.25) is 0 Å². The van der Waals surface area contributed by atoms with Gasteiger partial charge in [-0.05, 0) is 82.1 Å². The molecule has 4 aliphatic rings. The molecule has 8 atom stereocenters. The van der Waals surface area contributed by atoms with Crippen molar-refractivity contribution in [2.24, 2.45) is 17.8 Å². The molecule has 0 spiro atoms. The lowest BCUT2D eigenvalue weighted by Gasteiger charge is -2.42. The lowest BCUT2D eigenvalue weighted by atomic mass is 9.86. The maximum Gasteiger partial charge on any atom is 0.408 e. The Balaban J connectivity index is 1.49. The summed E-state index contributed by atoms with van der Waals surface area (Å²) < 4.78 is 74.5. The Kier molecular flexibility index (Phi) is 11.1. The van der Waals surface area contributed by atoms with Crippen molar-refractivity contribution in [3.05, 3.63) is 42.5 Å². The van der Waals surface area contributed by atoms with Crippen LogP contribution in [0.25, 0.3) is 10.8 Å². The van der Waals surface area contributed by atoms with E-state index in [1.807, 2.05) is 13.0 Å². The van der Waals surface area contributed by atoms with Crippen molar-refractivity contribution in [1.82, 2.24) is 24.8 Å². The summed E-state index contributed by atoms with van der Waals surface area (Å²) in [5, 5.41) is 13.3. The standard InChI is InChI=1S/C39H51F2N5O9S/c1-7-24(4)45(36(50)51)31-23(3)18-22(2)12-8-10-14-26-20-38(26,35(49)44-56(52,53)27-16-17-27)43-32(47)29-21-37(5,39(40,41)46(29)34(31)48)55-33-28-15-11-9-13-25(28)19-30(42-33)54-6/h9-11,13-15,19,22-24,26-27,29,31H,7-8,12,16-18,20-21H2,1-6H3,(H,43,47)(H,44,49)(H,50,51)/b14-10-/t22-,23-,24?,26-,29+,31+,37-,38-/m1/s1. The van der Waals surface area contributed by atoms with Crippen molar-refractivity contribution in [3.63, 3.8) is 0 Å². The van der Waals surface area contributed by atoms with Crippen LogP contribution >= 0.6 is 0 Å². The van der Waals surface area contributed by atoms with Gasteiger partial charge in [-0.15, -0.1) is 0 Å². The summed E-state index contributed by atoms with van der Waals surface area (Å²) in [5.41, 5.74) is -4.45. The Morgan fingerprint density at radius 1 is 1.16 bits per heavy atom. The second-order valence-electron chi connectivity index (χ2n) is 16.2. The van der Waals surface area contributed by atoms with Gasteiger partial charge in [0.15, 0.2) is 5.60 Å². The molecule has 17 heteroatoms. The van der Waals surface area contributed by atoms with Gasteiger partial charge in [0.25, 0.3) is 11.8 Å². The number of methoxy groups -OCH3 is 1. The van der Waals surface area contributed by atoms with E-state index in [2.05, 4.69) is 15.0 Å². The molecule has 14 nitrogen and oxygen atoms in total. The minimum atomic E-state index is -4.28. The summed E-state index contributed by atoms with van der Waals surface area (Å²) in [6.45, 7) is 7.92. The summed E-state index contributed by atoms with van der Waals surface area (Å²) >= 11 is 0. The number of carbonyl (C=O) groups excluding carboxylic acids is 3. The summed E-state index contributed by atoms with van der Waals surface area (Å²) in [6, 6.07) is -0.381. The van der Waals surface area contributed by atoms with Crippen LogP contribution < -0.4 is 19.5 Å². The van der Waals surface area contributed by atoms with Gasteiger partial charge in [-0.2, -0.15) is 13.8 Å². The van der Waals surface area contributed by atoms with E-state index in [1.165, 1.54) is 7.11 Å². The SMILES string of the molecule is CCC(C)N(C(=O)O)[C@@H]1C(=O)N2[C@@H](C[C@@](C)(Oc3nc(OC)cc4ccccc34)C2(F)F)C(=O)N[C@]2(C(=O)NS(=O)(=O)C3CC3)C[C@H]2/C=C\CC[C@@H](C)C[C@H]1C. The normalized spacial score (nSPS) is 31.8. The highest BCUT2D eigenvalue weighted by Crippen LogP contribution is 2.51. The number of nitrogens with zero attached hydrogens (tertiary/aromatic N) is 3. The van der Waals surface area contributed by atoms with E-state index in [4.69, 9.17) is 9.47 Å². The van der Waals surface area contributed by atoms with Crippen LogP contribution in [0.3, 0.4) is 0 Å². The van der Waals surface area contributed by atoms with Gasteiger partial charge in [0.2, 0.25) is 27.7 Å². The zero-order chi connectivity index (χ0) is 41.0. The third-order valence-corrected chi connectivity index (χ3v) is 13.7. The van der Waals surface area contributed by atoms with E-state index in [1.54, 1.807) is 57.2 Å². The number of carboxylic acid groups (broad SMARTS) is 1. The number of amides is 4. The van der Waals surface area contributed by atoms with Crippen molar-refractivity contribution in [2.75, 3.05) is 7.11 Å². The first-order chi connectivity index (χ1) is 26.3. The number of rotatable bonds is 9. The van der Waals surface area contributed by atoms with Crippen LogP contribution in [0.5, 0.6) is 11.8 Å². The molecule has 1 unspecified atom stereocenters. The quantitative estimate of drug-likeness (QED) is 0.225. The second-order valence-corrected chi connectivity index (χ2v) is 18.1. The number of fused-ring (bicyclic) bond motifs is 3.